The van der Waals surface area contributed by atoms with Gasteiger partial charge in [0.1, 0.15) is 5.78 Å². The van der Waals surface area contributed by atoms with Crippen molar-refractivity contribution < 1.29 is 4.79 Å². The van der Waals surface area contributed by atoms with Crippen molar-refractivity contribution in [2.45, 2.75) is 110 Å². The summed E-state index contributed by atoms with van der Waals surface area (Å²) in [5.74, 6) is 0.420. The molecule has 0 aromatic heterocycles. The van der Waals surface area contributed by atoms with Gasteiger partial charge in [0.15, 0.2) is 0 Å². The molecule has 2 heteroatoms. The predicted octanol–water partition coefficient (Wildman–Crippen LogP) is 6.38. The Balaban J connectivity index is 3.17. The van der Waals surface area contributed by atoms with Gasteiger partial charge in [-0.1, -0.05) is 90.9 Å². The Morgan fingerprint density at radius 2 is 1.09 bits per heavy atom. The molecule has 0 atom stereocenters. The molecule has 0 saturated heterocycles. The number of hydrogen-bond acceptors (Lipinski definition) is 2. The van der Waals surface area contributed by atoms with E-state index in [0.717, 1.165) is 25.8 Å². The van der Waals surface area contributed by atoms with Crippen LogP contribution >= 0.6 is 0 Å². The lowest BCUT2D eigenvalue weighted by Gasteiger charge is -2.13. The number of rotatable bonds is 18. The molecule has 0 aliphatic carbocycles. The molecule has 2 nitrogen and oxygen atoms in total. The fourth-order valence-electron chi connectivity index (χ4n) is 3.18. The molecule has 0 N–H and O–H groups in total. The number of carbonyl (C=O) groups is 1. The SMILES string of the molecule is CCCCCCCCCCCCCCCC(=O)CN(C)CCC. The fourth-order valence-corrected chi connectivity index (χ4v) is 3.18. The quantitative estimate of drug-likeness (QED) is 0.273. The molecule has 0 saturated carbocycles. The molecule has 0 amide bonds. The first kappa shape index (κ1) is 22.6. The highest BCUT2D eigenvalue weighted by atomic mass is 16.1. The van der Waals surface area contributed by atoms with E-state index in [0.29, 0.717) is 12.3 Å². The molecule has 0 aliphatic rings. The third-order valence-electron chi connectivity index (χ3n) is 4.61. The largest absolute Gasteiger partial charge is 0.299 e. The van der Waals surface area contributed by atoms with Gasteiger partial charge in [0.05, 0.1) is 6.54 Å². The molecule has 0 aromatic carbocycles. The summed E-state index contributed by atoms with van der Waals surface area (Å²) in [5.41, 5.74) is 0. The van der Waals surface area contributed by atoms with Crippen molar-refractivity contribution in [3.63, 3.8) is 0 Å². The third kappa shape index (κ3) is 17.8. The summed E-state index contributed by atoms with van der Waals surface area (Å²) >= 11 is 0. The van der Waals surface area contributed by atoms with Crippen molar-refractivity contribution in [1.29, 1.82) is 0 Å². The molecule has 0 fully saturated rings. The summed E-state index contributed by atoms with van der Waals surface area (Å²) in [4.78, 5) is 13.9. The molecule has 0 heterocycles. The van der Waals surface area contributed by atoms with E-state index in [1.807, 2.05) is 7.05 Å². The highest BCUT2D eigenvalue weighted by molar-refractivity contribution is 5.80. The van der Waals surface area contributed by atoms with Gasteiger partial charge < -0.3 is 0 Å². The average molecular weight is 326 g/mol. The van der Waals surface area contributed by atoms with Crippen LogP contribution in [0, 0.1) is 0 Å². The van der Waals surface area contributed by atoms with E-state index in [-0.39, 0.29) is 0 Å². The summed E-state index contributed by atoms with van der Waals surface area (Å²) in [6, 6.07) is 0. The minimum Gasteiger partial charge on any atom is -0.299 e. The van der Waals surface area contributed by atoms with Crippen LogP contribution in [-0.4, -0.2) is 30.8 Å². The van der Waals surface area contributed by atoms with Gasteiger partial charge in [-0.05, 0) is 26.4 Å². The second kappa shape index (κ2) is 18.0. The normalized spacial score (nSPS) is 11.3. The van der Waals surface area contributed by atoms with Gasteiger partial charge in [0.2, 0.25) is 0 Å². The number of carbonyl (C=O) groups excluding carboxylic acids is 1. The second-order valence-corrected chi connectivity index (χ2v) is 7.27. The van der Waals surface area contributed by atoms with E-state index in [4.69, 9.17) is 0 Å². The number of ketones is 1. The minimum absolute atomic E-state index is 0.420. The number of hydrogen-bond donors (Lipinski definition) is 0. The van der Waals surface area contributed by atoms with E-state index in [9.17, 15) is 4.79 Å². The number of nitrogens with zero attached hydrogens (tertiary/aromatic N) is 1. The van der Waals surface area contributed by atoms with Gasteiger partial charge in [-0.2, -0.15) is 0 Å². The number of Topliss-reactive ketones (excluding diaryl/α,β-unsaturated/α-hetero) is 1. The van der Waals surface area contributed by atoms with Crippen LogP contribution in [0.1, 0.15) is 110 Å². The zero-order valence-corrected chi connectivity index (χ0v) is 16.4. The van der Waals surface area contributed by atoms with Crippen molar-refractivity contribution in [2.75, 3.05) is 20.1 Å². The second-order valence-electron chi connectivity index (χ2n) is 7.27. The third-order valence-corrected chi connectivity index (χ3v) is 4.61. The van der Waals surface area contributed by atoms with Crippen LogP contribution in [-0.2, 0) is 4.79 Å². The Kier molecular flexibility index (Phi) is 17.7. The first-order valence-corrected chi connectivity index (χ1v) is 10.4. The smallest absolute Gasteiger partial charge is 0.146 e. The molecule has 0 aromatic rings. The predicted molar refractivity (Wildman–Crippen MR) is 103 cm³/mol. The van der Waals surface area contributed by atoms with Gasteiger partial charge in [-0.25, -0.2) is 0 Å². The van der Waals surface area contributed by atoms with Crippen LogP contribution < -0.4 is 0 Å². The lowest BCUT2D eigenvalue weighted by atomic mass is 10.0. The minimum atomic E-state index is 0.420. The molecule has 138 valence electrons. The molecule has 0 aliphatic heterocycles. The molecular weight excluding hydrogens is 282 g/mol. The summed E-state index contributed by atoms with van der Waals surface area (Å²) in [6.45, 7) is 6.12. The summed E-state index contributed by atoms with van der Waals surface area (Å²) in [6.07, 6.45) is 19.7. The molecular formula is C21H43NO. The van der Waals surface area contributed by atoms with Crippen molar-refractivity contribution in [3.8, 4) is 0 Å². The summed E-state index contributed by atoms with van der Waals surface area (Å²) < 4.78 is 0. The van der Waals surface area contributed by atoms with Crippen LogP contribution in [0.4, 0.5) is 0 Å². The molecule has 0 unspecified atom stereocenters. The lowest BCUT2D eigenvalue weighted by Crippen LogP contribution is -2.26. The highest BCUT2D eigenvalue weighted by Gasteiger charge is 2.05. The van der Waals surface area contributed by atoms with Gasteiger partial charge in [0.25, 0.3) is 0 Å². The van der Waals surface area contributed by atoms with Crippen LogP contribution in [0.15, 0.2) is 0 Å². The van der Waals surface area contributed by atoms with Crippen molar-refractivity contribution in [3.05, 3.63) is 0 Å². The van der Waals surface area contributed by atoms with E-state index in [1.165, 1.54) is 77.0 Å². The first-order chi connectivity index (χ1) is 11.2. The Bertz CT molecular complexity index is 252. The summed E-state index contributed by atoms with van der Waals surface area (Å²) in [5, 5.41) is 0. The molecule has 0 radical (unpaired) electrons. The first-order valence-electron chi connectivity index (χ1n) is 10.4. The maximum Gasteiger partial charge on any atom is 0.146 e. The van der Waals surface area contributed by atoms with Crippen molar-refractivity contribution in [1.82, 2.24) is 4.90 Å². The number of likely N-dealkylation sites (N-methyl/N-ethyl adjacent to an activating group) is 1. The zero-order chi connectivity index (χ0) is 17.2. The van der Waals surface area contributed by atoms with Crippen LogP contribution in [0.5, 0.6) is 0 Å². The van der Waals surface area contributed by atoms with E-state index in [1.54, 1.807) is 0 Å². The van der Waals surface area contributed by atoms with Crippen LogP contribution in [0.25, 0.3) is 0 Å². The van der Waals surface area contributed by atoms with Crippen LogP contribution in [0.3, 0.4) is 0 Å². The van der Waals surface area contributed by atoms with Crippen molar-refractivity contribution in [2.24, 2.45) is 0 Å². The summed E-state index contributed by atoms with van der Waals surface area (Å²) in [7, 11) is 2.05. The van der Waals surface area contributed by atoms with Crippen molar-refractivity contribution >= 4 is 5.78 Å². The standard InChI is InChI=1S/C21H43NO/c1-4-6-7-8-9-10-11-12-13-14-15-16-17-18-21(23)20-22(3)19-5-2/h4-20H2,1-3H3. The van der Waals surface area contributed by atoms with Crippen LogP contribution in [0.2, 0.25) is 0 Å². The lowest BCUT2D eigenvalue weighted by molar-refractivity contribution is -0.120. The zero-order valence-electron chi connectivity index (χ0n) is 16.4. The van der Waals surface area contributed by atoms with Gasteiger partial charge in [-0.15, -0.1) is 0 Å². The fraction of sp³-hybridized carbons (Fsp3) is 0.952. The van der Waals surface area contributed by atoms with E-state index in [2.05, 4.69) is 18.7 Å². The molecule has 23 heavy (non-hydrogen) atoms. The maximum atomic E-state index is 11.8. The number of unbranched alkanes of at least 4 members (excludes halogenated alkanes) is 12. The van der Waals surface area contributed by atoms with Gasteiger partial charge in [0, 0.05) is 6.42 Å². The molecule has 0 rings (SSSR count). The Hall–Kier alpha value is -0.370. The molecule has 0 bridgehead atoms. The molecule has 0 spiro atoms. The topological polar surface area (TPSA) is 20.3 Å². The average Bonchev–Trinajstić information content (AvgIpc) is 2.52. The highest BCUT2D eigenvalue weighted by Crippen LogP contribution is 2.13. The Morgan fingerprint density at radius 1 is 0.652 bits per heavy atom. The van der Waals surface area contributed by atoms with Gasteiger partial charge in [-0.3, -0.25) is 9.69 Å². The Morgan fingerprint density at radius 3 is 1.52 bits per heavy atom. The maximum absolute atomic E-state index is 11.8. The van der Waals surface area contributed by atoms with Gasteiger partial charge >= 0.3 is 0 Å². The van der Waals surface area contributed by atoms with E-state index < -0.39 is 0 Å². The monoisotopic (exact) mass is 325 g/mol. The van der Waals surface area contributed by atoms with E-state index >= 15 is 0 Å². The Labute approximate surface area is 146 Å².